The van der Waals surface area contributed by atoms with E-state index in [4.69, 9.17) is 10.2 Å². The summed E-state index contributed by atoms with van der Waals surface area (Å²) in [4.78, 5) is 0. The Hall–Kier alpha value is -1.20. The number of aryl methyl sites for hydroxylation is 1. The molecule has 0 aliphatic carbocycles. The second kappa shape index (κ2) is 3.99. The Morgan fingerprint density at radius 2 is 2.42 bits per heavy atom. The molecule has 0 aromatic carbocycles. The Kier molecular flexibility index (Phi) is 2.95. The normalized spacial score (nSPS) is 11.9. The van der Waals surface area contributed by atoms with Gasteiger partial charge in [-0.05, 0) is 25.5 Å². The SMILES string of the molecule is CC#CCC(N)c1occc1C. The Labute approximate surface area is 72.8 Å². The first-order chi connectivity index (χ1) is 5.75. The predicted octanol–water partition coefficient (Wildman–Crippen LogP) is 2.00. The van der Waals surface area contributed by atoms with Gasteiger partial charge >= 0.3 is 0 Å². The molecular formula is C10H13NO. The molecule has 1 unspecified atom stereocenters. The summed E-state index contributed by atoms with van der Waals surface area (Å²) in [5, 5.41) is 0. The van der Waals surface area contributed by atoms with E-state index in [0.29, 0.717) is 6.42 Å². The van der Waals surface area contributed by atoms with Crippen LogP contribution < -0.4 is 5.73 Å². The quantitative estimate of drug-likeness (QED) is 0.677. The van der Waals surface area contributed by atoms with Crippen LogP contribution in [0.25, 0.3) is 0 Å². The number of rotatable bonds is 2. The van der Waals surface area contributed by atoms with Crippen LogP contribution in [0, 0.1) is 18.8 Å². The highest BCUT2D eigenvalue weighted by molar-refractivity contribution is 5.19. The van der Waals surface area contributed by atoms with Gasteiger partial charge in [-0.25, -0.2) is 0 Å². The predicted molar refractivity (Wildman–Crippen MR) is 48.4 cm³/mol. The molecule has 1 atom stereocenters. The third-order valence-corrected chi connectivity index (χ3v) is 1.74. The maximum atomic E-state index is 5.83. The van der Waals surface area contributed by atoms with Crippen LogP contribution in [0.4, 0.5) is 0 Å². The molecule has 0 bridgehead atoms. The fourth-order valence-corrected chi connectivity index (χ4v) is 1.07. The van der Waals surface area contributed by atoms with E-state index < -0.39 is 0 Å². The van der Waals surface area contributed by atoms with Crippen LogP contribution >= 0.6 is 0 Å². The van der Waals surface area contributed by atoms with Crippen LogP contribution in [0.2, 0.25) is 0 Å². The highest BCUT2D eigenvalue weighted by Crippen LogP contribution is 2.18. The van der Waals surface area contributed by atoms with Gasteiger partial charge in [0.1, 0.15) is 5.76 Å². The summed E-state index contributed by atoms with van der Waals surface area (Å²) < 4.78 is 5.23. The van der Waals surface area contributed by atoms with E-state index in [1.165, 1.54) is 0 Å². The third kappa shape index (κ3) is 1.90. The van der Waals surface area contributed by atoms with E-state index >= 15 is 0 Å². The molecule has 0 aliphatic rings. The van der Waals surface area contributed by atoms with Gasteiger partial charge in [0.2, 0.25) is 0 Å². The van der Waals surface area contributed by atoms with Gasteiger partial charge in [-0.15, -0.1) is 11.8 Å². The van der Waals surface area contributed by atoms with Crippen LogP contribution in [-0.2, 0) is 0 Å². The van der Waals surface area contributed by atoms with Gasteiger partial charge in [0.25, 0.3) is 0 Å². The number of nitrogens with two attached hydrogens (primary N) is 1. The summed E-state index contributed by atoms with van der Waals surface area (Å²) in [5.41, 5.74) is 6.93. The Morgan fingerprint density at radius 1 is 1.67 bits per heavy atom. The van der Waals surface area contributed by atoms with Crippen molar-refractivity contribution in [2.45, 2.75) is 26.3 Å². The molecule has 0 radical (unpaired) electrons. The summed E-state index contributed by atoms with van der Waals surface area (Å²) in [6, 6.07) is 1.82. The van der Waals surface area contributed by atoms with Gasteiger partial charge < -0.3 is 10.2 Å². The van der Waals surface area contributed by atoms with Gasteiger partial charge in [0.15, 0.2) is 0 Å². The standard InChI is InChI=1S/C10H13NO/c1-3-4-5-9(11)10-8(2)6-7-12-10/h6-7,9H,5,11H2,1-2H3. The maximum Gasteiger partial charge on any atom is 0.124 e. The average Bonchev–Trinajstić information content (AvgIpc) is 2.47. The van der Waals surface area contributed by atoms with Crippen molar-refractivity contribution in [3.63, 3.8) is 0 Å². The van der Waals surface area contributed by atoms with Crippen molar-refractivity contribution < 1.29 is 4.42 Å². The van der Waals surface area contributed by atoms with Crippen LogP contribution in [0.15, 0.2) is 16.7 Å². The lowest BCUT2D eigenvalue weighted by Crippen LogP contribution is -2.09. The summed E-state index contributed by atoms with van der Waals surface area (Å²) in [6.07, 6.45) is 2.31. The lowest BCUT2D eigenvalue weighted by atomic mass is 10.1. The van der Waals surface area contributed by atoms with Crippen molar-refractivity contribution in [2.24, 2.45) is 5.73 Å². The van der Waals surface area contributed by atoms with Gasteiger partial charge in [-0.3, -0.25) is 0 Å². The lowest BCUT2D eigenvalue weighted by Gasteiger charge is -2.04. The number of furan rings is 1. The molecule has 12 heavy (non-hydrogen) atoms. The van der Waals surface area contributed by atoms with Crippen LogP contribution in [0.1, 0.15) is 30.7 Å². The van der Waals surface area contributed by atoms with Crippen LogP contribution in [0.3, 0.4) is 0 Å². The first kappa shape index (κ1) is 8.89. The van der Waals surface area contributed by atoms with Crippen molar-refractivity contribution in [3.05, 3.63) is 23.7 Å². The van der Waals surface area contributed by atoms with E-state index in [1.807, 2.05) is 19.9 Å². The second-order valence-corrected chi connectivity index (χ2v) is 2.71. The maximum absolute atomic E-state index is 5.83. The number of hydrogen-bond donors (Lipinski definition) is 1. The average molecular weight is 163 g/mol. The molecule has 0 saturated carbocycles. The molecule has 0 aliphatic heterocycles. The zero-order chi connectivity index (χ0) is 8.97. The zero-order valence-electron chi connectivity index (χ0n) is 7.42. The molecule has 2 heteroatoms. The smallest absolute Gasteiger partial charge is 0.124 e. The van der Waals surface area contributed by atoms with Gasteiger partial charge in [0.05, 0.1) is 12.3 Å². The minimum Gasteiger partial charge on any atom is -0.467 e. The molecule has 0 fully saturated rings. The molecule has 1 rings (SSSR count). The summed E-state index contributed by atoms with van der Waals surface area (Å²) in [7, 11) is 0. The van der Waals surface area contributed by atoms with Gasteiger partial charge in [-0.1, -0.05) is 0 Å². The largest absolute Gasteiger partial charge is 0.467 e. The van der Waals surface area contributed by atoms with Crippen molar-refractivity contribution in [2.75, 3.05) is 0 Å². The Balaban J connectivity index is 2.68. The van der Waals surface area contributed by atoms with E-state index in [-0.39, 0.29) is 6.04 Å². The molecule has 0 saturated heterocycles. The Bertz CT molecular complexity index is 303. The number of hydrogen-bond acceptors (Lipinski definition) is 2. The van der Waals surface area contributed by atoms with Gasteiger partial charge in [0, 0.05) is 6.42 Å². The van der Waals surface area contributed by atoms with Gasteiger partial charge in [-0.2, -0.15) is 0 Å². The molecule has 1 aromatic rings. The van der Waals surface area contributed by atoms with E-state index in [9.17, 15) is 0 Å². The molecule has 64 valence electrons. The zero-order valence-corrected chi connectivity index (χ0v) is 7.42. The molecule has 2 N–H and O–H groups in total. The highest BCUT2D eigenvalue weighted by Gasteiger charge is 2.10. The van der Waals surface area contributed by atoms with Crippen molar-refractivity contribution >= 4 is 0 Å². The topological polar surface area (TPSA) is 39.2 Å². The molecule has 1 aromatic heterocycles. The molecule has 2 nitrogen and oxygen atoms in total. The summed E-state index contributed by atoms with van der Waals surface area (Å²) in [6.45, 7) is 3.79. The Morgan fingerprint density at radius 3 is 2.92 bits per heavy atom. The lowest BCUT2D eigenvalue weighted by molar-refractivity contribution is 0.466. The van der Waals surface area contributed by atoms with Crippen molar-refractivity contribution in [1.82, 2.24) is 0 Å². The second-order valence-electron chi connectivity index (χ2n) is 2.71. The first-order valence-electron chi connectivity index (χ1n) is 3.95. The van der Waals surface area contributed by atoms with E-state index in [2.05, 4.69) is 11.8 Å². The van der Waals surface area contributed by atoms with E-state index in [1.54, 1.807) is 6.26 Å². The molecule has 0 spiro atoms. The first-order valence-corrected chi connectivity index (χ1v) is 3.95. The monoisotopic (exact) mass is 163 g/mol. The molecular weight excluding hydrogens is 150 g/mol. The fourth-order valence-electron chi connectivity index (χ4n) is 1.07. The van der Waals surface area contributed by atoms with Crippen molar-refractivity contribution in [1.29, 1.82) is 0 Å². The summed E-state index contributed by atoms with van der Waals surface area (Å²) >= 11 is 0. The molecule has 1 heterocycles. The van der Waals surface area contributed by atoms with Crippen LogP contribution in [0.5, 0.6) is 0 Å². The minimum absolute atomic E-state index is 0.0903. The highest BCUT2D eigenvalue weighted by atomic mass is 16.3. The van der Waals surface area contributed by atoms with Crippen molar-refractivity contribution in [3.8, 4) is 11.8 Å². The third-order valence-electron chi connectivity index (χ3n) is 1.74. The summed E-state index contributed by atoms with van der Waals surface area (Å²) in [5.74, 6) is 6.58. The van der Waals surface area contributed by atoms with Crippen LogP contribution in [-0.4, -0.2) is 0 Å². The van der Waals surface area contributed by atoms with E-state index in [0.717, 1.165) is 11.3 Å². The molecule has 0 amide bonds. The minimum atomic E-state index is -0.0903. The fraction of sp³-hybridized carbons (Fsp3) is 0.400.